The maximum Gasteiger partial charge on any atom is 0.320 e. The van der Waals surface area contributed by atoms with Crippen molar-refractivity contribution in [3.63, 3.8) is 0 Å². The zero-order valence-corrected chi connectivity index (χ0v) is 16.6. The van der Waals surface area contributed by atoms with Crippen LogP contribution in [0.4, 0.5) is 5.69 Å². The van der Waals surface area contributed by atoms with Crippen molar-refractivity contribution in [1.82, 2.24) is 4.90 Å². The van der Waals surface area contributed by atoms with Crippen LogP contribution < -0.4 is 14.8 Å². The molecule has 1 saturated heterocycles. The Bertz CT molecular complexity index is 634. The van der Waals surface area contributed by atoms with Crippen molar-refractivity contribution in [2.45, 2.75) is 39.2 Å². The first kappa shape index (κ1) is 21.0. The van der Waals surface area contributed by atoms with Crippen molar-refractivity contribution in [2.24, 2.45) is 5.92 Å². The third-order valence-electron chi connectivity index (χ3n) is 4.35. The van der Waals surface area contributed by atoms with Gasteiger partial charge in [-0.25, -0.2) is 0 Å². The Balaban J connectivity index is 1.76. The smallest absolute Gasteiger partial charge is 0.320 e. The van der Waals surface area contributed by atoms with Gasteiger partial charge in [-0.15, -0.1) is 0 Å². The number of carbonyl (C=O) groups excluding carboxylic acids is 2. The van der Waals surface area contributed by atoms with Crippen LogP contribution >= 0.6 is 0 Å². The van der Waals surface area contributed by atoms with Gasteiger partial charge in [0.25, 0.3) is 0 Å². The Hall–Kier alpha value is -2.28. The van der Waals surface area contributed by atoms with E-state index >= 15 is 0 Å². The standard InChI is InChI=1S/C20H30N2O5/c1-20(2,3)27-19(24)12-22-9-7-15(8-10-22)13-26-16-5-6-17(21-14-23)18(11-16)25-4/h5-6,11,14-15H,7-10,12-13H2,1-4H3,(H,21,23). The largest absolute Gasteiger partial charge is 0.494 e. The van der Waals surface area contributed by atoms with E-state index < -0.39 is 5.60 Å². The molecule has 27 heavy (non-hydrogen) atoms. The van der Waals surface area contributed by atoms with E-state index in [-0.39, 0.29) is 5.97 Å². The van der Waals surface area contributed by atoms with Crippen molar-refractivity contribution in [3.8, 4) is 11.5 Å². The minimum absolute atomic E-state index is 0.173. The van der Waals surface area contributed by atoms with E-state index in [2.05, 4.69) is 10.2 Å². The second kappa shape index (κ2) is 9.60. The fraction of sp³-hybridized carbons (Fsp3) is 0.600. The molecule has 1 aromatic carbocycles. The number of likely N-dealkylation sites (tertiary alicyclic amines) is 1. The van der Waals surface area contributed by atoms with Gasteiger partial charge >= 0.3 is 5.97 Å². The quantitative estimate of drug-likeness (QED) is 0.554. The van der Waals surface area contributed by atoms with E-state index in [1.165, 1.54) is 0 Å². The lowest BCUT2D eigenvalue weighted by Crippen LogP contribution is -2.40. The molecule has 0 atom stereocenters. The summed E-state index contributed by atoms with van der Waals surface area (Å²) in [5.41, 5.74) is 0.163. The number of benzene rings is 1. The summed E-state index contributed by atoms with van der Waals surface area (Å²) in [6, 6.07) is 5.33. The predicted molar refractivity (Wildman–Crippen MR) is 103 cm³/mol. The van der Waals surface area contributed by atoms with Gasteiger partial charge in [-0.3, -0.25) is 14.5 Å². The summed E-state index contributed by atoms with van der Waals surface area (Å²) in [6.45, 7) is 8.32. The van der Waals surface area contributed by atoms with E-state index in [1.807, 2.05) is 26.8 Å². The van der Waals surface area contributed by atoms with Crippen LogP contribution in [0.15, 0.2) is 18.2 Å². The lowest BCUT2D eigenvalue weighted by molar-refractivity contribution is -0.156. The maximum absolute atomic E-state index is 11.9. The van der Waals surface area contributed by atoms with Crippen LogP contribution in [0.2, 0.25) is 0 Å². The fourth-order valence-corrected chi connectivity index (χ4v) is 3.03. The normalized spacial score (nSPS) is 15.9. The average molecular weight is 378 g/mol. The molecule has 0 spiro atoms. The fourth-order valence-electron chi connectivity index (χ4n) is 3.03. The number of amides is 1. The molecule has 1 fully saturated rings. The molecule has 0 aliphatic carbocycles. The molecule has 0 aromatic heterocycles. The van der Waals surface area contributed by atoms with Gasteiger partial charge in [-0.05, 0) is 64.8 Å². The highest BCUT2D eigenvalue weighted by Crippen LogP contribution is 2.29. The summed E-state index contributed by atoms with van der Waals surface area (Å²) in [6.07, 6.45) is 2.57. The van der Waals surface area contributed by atoms with Crippen molar-refractivity contribution in [2.75, 3.05) is 38.7 Å². The van der Waals surface area contributed by atoms with Gasteiger partial charge in [0.15, 0.2) is 0 Å². The van der Waals surface area contributed by atoms with E-state index in [0.717, 1.165) is 25.9 Å². The Kier molecular flexibility index (Phi) is 7.47. The number of esters is 1. The van der Waals surface area contributed by atoms with Gasteiger partial charge in [-0.2, -0.15) is 0 Å². The third-order valence-corrected chi connectivity index (χ3v) is 4.35. The Morgan fingerprint density at radius 1 is 1.30 bits per heavy atom. The van der Waals surface area contributed by atoms with Gasteiger partial charge in [0.05, 0.1) is 25.9 Å². The summed E-state index contributed by atoms with van der Waals surface area (Å²) >= 11 is 0. The van der Waals surface area contributed by atoms with E-state index in [4.69, 9.17) is 14.2 Å². The molecule has 1 amide bonds. The molecular formula is C20H30N2O5. The van der Waals surface area contributed by atoms with Crippen molar-refractivity contribution in [3.05, 3.63) is 18.2 Å². The zero-order valence-electron chi connectivity index (χ0n) is 16.6. The molecule has 7 heteroatoms. The maximum atomic E-state index is 11.9. The molecule has 7 nitrogen and oxygen atoms in total. The topological polar surface area (TPSA) is 77.1 Å². The number of methoxy groups -OCH3 is 1. The summed E-state index contributed by atoms with van der Waals surface area (Å²) < 4.78 is 16.5. The highest BCUT2D eigenvalue weighted by atomic mass is 16.6. The lowest BCUT2D eigenvalue weighted by atomic mass is 9.98. The SMILES string of the molecule is COc1cc(OCC2CCN(CC(=O)OC(C)(C)C)CC2)ccc1NC=O. The Labute approximate surface area is 161 Å². The van der Waals surface area contributed by atoms with Crippen LogP contribution in [0.25, 0.3) is 0 Å². The molecular weight excluding hydrogens is 348 g/mol. The van der Waals surface area contributed by atoms with Crippen LogP contribution in [0, 0.1) is 5.92 Å². The first-order valence-electron chi connectivity index (χ1n) is 9.26. The minimum Gasteiger partial charge on any atom is -0.494 e. The summed E-state index contributed by atoms with van der Waals surface area (Å²) in [5, 5.41) is 2.59. The number of nitrogens with one attached hydrogen (secondary N) is 1. The lowest BCUT2D eigenvalue weighted by Gasteiger charge is -2.32. The van der Waals surface area contributed by atoms with Gasteiger partial charge in [-0.1, -0.05) is 0 Å². The first-order valence-corrected chi connectivity index (χ1v) is 9.26. The highest BCUT2D eigenvalue weighted by molar-refractivity contribution is 5.76. The molecule has 0 saturated carbocycles. The number of nitrogens with zero attached hydrogens (tertiary/aromatic N) is 1. The number of rotatable bonds is 8. The Morgan fingerprint density at radius 2 is 2.00 bits per heavy atom. The molecule has 1 aliphatic rings. The number of anilines is 1. The van der Waals surface area contributed by atoms with Crippen LogP contribution in [-0.4, -0.2) is 56.2 Å². The van der Waals surface area contributed by atoms with Crippen LogP contribution in [0.1, 0.15) is 33.6 Å². The van der Waals surface area contributed by atoms with Crippen molar-refractivity contribution >= 4 is 18.1 Å². The summed E-state index contributed by atoms with van der Waals surface area (Å²) in [7, 11) is 1.55. The zero-order chi connectivity index (χ0) is 19.9. The third kappa shape index (κ3) is 7.09. The van der Waals surface area contributed by atoms with Gasteiger partial charge in [0.1, 0.15) is 17.1 Å². The number of hydrogen-bond acceptors (Lipinski definition) is 6. The molecule has 1 aromatic rings. The number of hydrogen-bond donors (Lipinski definition) is 1. The van der Waals surface area contributed by atoms with E-state index in [9.17, 15) is 9.59 Å². The van der Waals surface area contributed by atoms with Gasteiger partial charge < -0.3 is 19.5 Å². The summed E-state index contributed by atoms with van der Waals surface area (Å²) in [4.78, 5) is 24.6. The van der Waals surface area contributed by atoms with Crippen molar-refractivity contribution in [1.29, 1.82) is 0 Å². The number of carbonyl (C=O) groups is 2. The number of ether oxygens (including phenoxy) is 3. The van der Waals surface area contributed by atoms with Crippen LogP contribution in [0.5, 0.6) is 11.5 Å². The molecule has 1 aliphatic heterocycles. The van der Waals surface area contributed by atoms with E-state index in [1.54, 1.807) is 19.2 Å². The average Bonchev–Trinajstić information content (AvgIpc) is 2.60. The second-order valence-electron chi connectivity index (χ2n) is 7.74. The molecule has 2 rings (SSSR count). The Morgan fingerprint density at radius 3 is 2.59 bits per heavy atom. The summed E-state index contributed by atoms with van der Waals surface area (Å²) in [5.74, 6) is 1.54. The molecule has 0 unspecified atom stereocenters. The molecule has 150 valence electrons. The minimum atomic E-state index is -0.443. The van der Waals surface area contributed by atoms with Crippen molar-refractivity contribution < 1.29 is 23.8 Å². The highest BCUT2D eigenvalue weighted by Gasteiger charge is 2.24. The van der Waals surface area contributed by atoms with Gasteiger partial charge in [0.2, 0.25) is 6.41 Å². The molecule has 0 bridgehead atoms. The second-order valence-corrected chi connectivity index (χ2v) is 7.74. The molecule has 1 heterocycles. The number of piperidine rings is 1. The molecule has 1 N–H and O–H groups in total. The predicted octanol–water partition coefficient (Wildman–Crippen LogP) is 2.70. The van der Waals surface area contributed by atoms with Gasteiger partial charge in [0, 0.05) is 6.07 Å². The van der Waals surface area contributed by atoms with Crippen LogP contribution in [0.3, 0.4) is 0 Å². The van der Waals surface area contributed by atoms with Crippen LogP contribution in [-0.2, 0) is 14.3 Å². The van der Waals surface area contributed by atoms with E-state index in [0.29, 0.717) is 42.7 Å². The monoisotopic (exact) mass is 378 g/mol. The molecule has 0 radical (unpaired) electrons. The first-order chi connectivity index (χ1) is 12.8.